The minimum absolute atomic E-state index is 0.162. The summed E-state index contributed by atoms with van der Waals surface area (Å²) in [6.07, 6.45) is 0.583. The van der Waals surface area contributed by atoms with Crippen molar-refractivity contribution in [2.24, 2.45) is 0 Å². The van der Waals surface area contributed by atoms with Crippen LogP contribution in [0.3, 0.4) is 0 Å². The summed E-state index contributed by atoms with van der Waals surface area (Å²) in [4.78, 5) is 0. The van der Waals surface area contributed by atoms with Gasteiger partial charge in [-0.3, -0.25) is 0 Å². The molecule has 2 rings (SSSR count). The van der Waals surface area contributed by atoms with Gasteiger partial charge >= 0.3 is 0 Å². The Labute approximate surface area is 140 Å². The van der Waals surface area contributed by atoms with Crippen molar-refractivity contribution in [1.29, 1.82) is 0 Å². The van der Waals surface area contributed by atoms with Gasteiger partial charge in [0.05, 0.1) is 8.95 Å². The number of rotatable bonds is 5. The van der Waals surface area contributed by atoms with E-state index in [4.69, 9.17) is 0 Å². The lowest BCUT2D eigenvalue weighted by atomic mass is 9.98. The average molecular weight is 419 g/mol. The Balaban J connectivity index is 2.30. The molecule has 0 radical (unpaired) electrons. The number of halogens is 4. The van der Waals surface area contributed by atoms with Gasteiger partial charge in [0, 0.05) is 11.6 Å². The van der Waals surface area contributed by atoms with Gasteiger partial charge in [0.25, 0.3) is 0 Å². The third-order valence-electron chi connectivity index (χ3n) is 3.23. The van der Waals surface area contributed by atoms with Gasteiger partial charge in [-0.1, -0.05) is 25.1 Å². The van der Waals surface area contributed by atoms with E-state index in [9.17, 15) is 8.78 Å². The largest absolute Gasteiger partial charge is 0.310 e. The lowest BCUT2D eigenvalue weighted by Gasteiger charge is -2.20. The molecule has 1 atom stereocenters. The van der Waals surface area contributed by atoms with Crippen LogP contribution in [0.1, 0.15) is 24.1 Å². The molecule has 0 bridgehead atoms. The second kappa shape index (κ2) is 7.47. The van der Waals surface area contributed by atoms with Crippen molar-refractivity contribution in [1.82, 2.24) is 5.32 Å². The van der Waals surface area contributed by atoms with E-state index in [1.54, 1.807) is 24.3 Å². The fraction of sp³-hybridized carbons (Fsp3) is 0.250. The van der Waals surface area contributed by atoms with Crippen LogP contribution in [0.2, 0.25) is 0 Å². The van der Waals surface area contributed by atoms with E-state index in [1.165, 1.54) is 6.07 Å². The van der Waals surface area contributed by atoms with Crippen LogP contribution in [0.4, 0.5) is 8.78 Å². The first kappa shape index (κ1) is 16.6. The molecular weight excluding hydrogens is 404 g/mol. The SMILES string of the molecule is CCNC(Cc1ccc(F)c(Br)c1)c1cccc(Br)c1F. The van der Waals surface area contributed by atoms with Gasteiger partial charge < -0.3 is 5.32 Å². The molecule has 0 heterocycles. The van der Waals surface area contributed by atoms with Crippen molar-refractivity contribution in [3.05, 3.63) is 68.1 Å². The zero-order chi connectivity index (χ0) is 15.4. The molecule has 0 saturated carbocycles. The molecule has 112 valence electrons. The van der Waals surface area contributed by atoms with Crippen molar-refractivity contribution in [3.63, 3.8) is 0 Å². The molecule has 0 amide bonds. The highest BCUT2D eigenvalue weighted by atomic mass is 79.9. The Morgan fingerprint density at radius 1 is 1.10 bits per heavy atom. The van der Waals surface area contributed by atoms with Gasteiger partial charge in [-0.05, 0) is 68.6 Å². The molecular formula is C16H15Br2F2N. The first-order valence-electron chi connectivity index (χ1n) is 6.64. The lowest BCUT2D eigenvalue weighted by molar-refractivity contribution is 0.507. The van der Waals surface area contributed by atoms with Crippen LogP contribution in [0.5, 0.6) is 0 Å². The molecule has 5 heteroatoms. The van der Waals surface area contributed by atoms with Gasteiger partial charge in [0.2, 0.25) is 0 Å². The molecule has 2 aromatic carbocycles. The van der Waals surface area contributed by atoms with Crippen molar-refractivity contribution < 1.29 is 8.78 Å². The Morgan fingerprint density at radius 2 is 1.86 bits per heavy atom. The quantitative estimate of drug-likeness (QED) is 0.686. The third-order valence-corrected chi connectivity index (χ3v) is 4.45. The lowest BCUT2D eigenvalue weighted by Crippen LogP contribution is -2.24. The Morgan fingerprint density at radius 3 is 2.52 bits per heavy atom. The van der Waals surface area contributed by atoms with E-state index >= 15 is 0 Å². The number of hydrogen-bond donors (Lipinski definition) is 1. The highest BCUT2D eigenvalue weighted by Gasteiger charge is 2.17. The highest BCUT2D eigenvalue weighted by Crippen LogP contribution is 2.27. The molecule has 0 aromatic heterocycles. The summed E-state index contributed by atoms with van der Waals surface area (Å²) in [6, 6.07) is 9.97. The van der Waals surface area contributed by atoms with E-state index in [1.807, 2.05) is 13.0 Å². The Bertz CT molecular complexity index is 632. The molecule has 0 aliphatic carbocycles. The predicted molar refractivity (Wildman–Crippen MR) is 88.3 cm³/mol. The van der Waals surface area contributed by atoms with Crippen LogP contribution in [0.15, 0.2) is 45.3 Å². The van der Waals surface area contributed by atoms with Crippen molar-refractivity contribution >= 4 is 31.9 Å². The normalized spacial score (nSPS) is 12.4. The van der Waals surface area contributed by atoms with Gasteiger partial charge in [0.1, 0.15) is 11.6 Å². The summed E-state index contributed by atoms with van der Waals surface area (Å²) in [7, 11) is 0. The maximum atomic E-state index is 14.3. The zero-order valence-corrected chi connectivity index (χ0v) is 14.6. The topological polar surface area (TPSA) is 12.0 Å². The van der Waals surface area contributed by atoms with Gasteiger partial charge in [0.15, 0.2) is 0 Å². The molecule has 0 fully saturated rings. The van der Waals surface area contributed by atoms with Gasteiger partial charge in [-0.25, -0.2) is 8.78 Å². The van der Waals surface area contributed by atoms with Crippen LogP contribution in [-0.2, 0) is 6.42 Å². The molecule has 1 N–H and O–H groups in total. The second-order valence-corrected chi connectivity index (χ2v) is 6.41. The van der Waals surface area contributed by atoms with Gasteiger partial charge in [-0.2, -0.15) is 0 Å². The van der Waals surface area contributed by atoms with E-state index in [2.05, 4.69) is 37.2 Å². The van der Waals surface area contributed by atoms with Crippen LogP contribution >= 0.6 is 31.9 Å². The average Bonchev–Trinajstić information content (AvgIpc) is 2.45. The van der Waals surface area contributed by atoms with Crippen LogP contribution in [0.25, 0.3) is 0 Å². The Kier molecular flexibility index (Phi) is 5.90. The first-order valence-corrected chi connectivity index (χ1v) is 8.22. The third kappa shape index (κ3) is 4.11. The minimum atomic E-state index is -0.299. The van der Waals surface area contributed by atoms with Gasteiger partial charge in [-0.15, -0.1) is 0 Å². The molecule has 1 nitrogen and oxygen atoms in total. The highest BCUT2D eigenvalue weighted by molar-refractivity contribution is 9.10. The number of nitrogens with one attached hydrogen (secondary N) is 1. The van der Waals surface area contributed by atoms with E-state index in [0.29, 0.717) is 20.9 Å². The predicted octanol–water partition coefficient (Wildman–Crippen LogP) is 5.38. The summed E-state index contributed by atoms with van der Waals surface area (Å²) in [6.45, 7) is 2.70. The maximum absolute atomic E-state index is 14.3. The second-order valence-electron chi connectivity index (χ2n) is 4.71. The number of likely N-dealkylation sites (N-methyl/N-ethyl adjacent to an activating group) is 1. The summed E-state index contributed by atoms with van der Waals surface area (Å²) in [5, 5.41) is 3.28. The maximum Gasteiger partial charge on any atom is 0.142 e. The van der Waals surface area contributed by atoms with Crippen LogP contribution < -0.4 is 5.32 Å². The van der Waals surface area contributed by atoms with Crippen molar-refractivity contribution in [2.75, 3.05) is 6.54 Å². The molecule has 0 saturated heterocycles. The molecule has 0 aliphatic rings. The Hall–Kier alpha value is -0.780. The van der Waals surface area contributed by atoms with Crippen molar-refractivity contribution in [2.45, 2.75) is 19.4 Å². The first-order chi connectivity index (χ1) is 10.0. The minimum Gasteiger partial charge on any atom is -0.310 e. The monoisotopic (exact) mass is 417 g/mol. The fourth-order valence-corrected chi connectivity index (χ4v) is 3.04. The number of hydrogen-bond acceptors (Lipinski definition) is 1. The van der Waals surface area contributed by atoms with Crippen molar-refractivity contribution in [3.8, 4) is 0 Å². The molecule has 1 unspecified atom stereocenters. The number of benzene rings is 2. The molecule has 2 aromatic rings. The van der Waals surface area contributed by atoms with E-state index in [0.717, 1.165) is 12.1 Å². The van der Waals surface area contributed by atoms with Crippen LogP contribution in [-0.4, -0.2) is 6.54 Å². The van der Waals surface area contributed by atoms with E-state index in [-0.39, 0.29) is 17.7 Å². The molecule has 0 aliphatic heterocycles. The summed E-state index contributed by atoms with van der Waals surface area (Å²) in [5.74, 6) is -0.558. The summed E-state index contributed by atoms with van der Waals surface area (Å²) >= 11 is 6.39. The van der Waals surface area contributed by atoms with Crippen LogP contribution in [0, 0.1) is 11.6 Å². The smallest absolute Gasteiger partial charge is 0.142 e. The summed E-state index contributed by atoms with van der Waals surface area (Å²) in [5.41, 5.74) is 1.54. The zero-order valence-electron chi connectivity index (χ0n) is 11.5. The standard InChI is InChI=1S/C16H15Br2F2N/c1-2-21-15(11-4-3-5-12(17)16(11)20)9-10-6-7-14(19)13(18)8-10/h3-8,15,21H,2,9H2,1H3. The van der Waals surface area contributed by atoms with E-state index < -0.39 is 0 Å². The molecule has 21 heavy (non-hydrogen) atoms. The summed E-state index contributed by atoms with van der Waals surface area (Å²) < 4.78 is 28.4. The fourth-order valence-electron chi connectivity index (χ4n) is 2.23. The molecule has 0 spiro atoms.